The Bertz CT molecular complexity index is 594. The van der Waals surface area contributed by atoms with Crippen molar-refractivity contribution in [2.45, 2.75) is 0 Å². The van der Waals surface area contributed by atoms with Gasteiger partial charge in [0.05, 0.1) is 18.2 Å². The number of nitrogens with zero attached hydrogens (tertiary/aromatic N) is 1. The molecule has 4 amide bonds. The first kappa shape index (κ1) is 15.5. The molecule has 0 saturated heterocycles. The molecule has 0 aromatic heterocycles. The van der Waals surface area contributed by atoms with Gasteiger partial charge < -0.3 is 15.4 Å². The summed E-state index contributed by atoms with van der Waals surface area (Å²) in [6.07, 6.45) is -0.602. The number of hydrogen-bond acceptors (Lipinski definition) is 5. The minimum absolute atomic E-state index is 0.164. The Morgan fingerprint density at radius 3 is 2.14 bits per heavy atom. The molecule has 1 heterocycles. The van der Waals surface area contributed by atoms with E-state index in [9.17, 15) is 19.2 Å². The summed E-state index contributed by atoms with van der Waals surface area (Å²) in [7, 11) is 1.23. The van der Waals surface area contributed by atoms with Gasteiger partial charge in [0, 0.05) is 13.1 Å². The van der Waals surface area contributed by atoms with Crippen LogP contribution in [-0.4, -0.2) is 55.5 Å². The first-order valence-electron chi connectivity index (χ1n) is 6.58. The number of nitrogens with one attached hydrogen (secondary N) is 2. The fourth-order valence-electron chi connectivity index (χ4n) is 2.02. The summed E-state index contributed by atoms with van der Waals surface area (Å²) in [6, 6.07) is 6.42. The third kappa shape index (κ3) is 3.22. The van der Waals surface area contributed by atoms with Crippen molar-refractivity contribution in [2.75, 3.05) is 26.7 Å². The maximum Gasteiger partial charge on any atom is 0.406 e. The number of carbonyl (C=O) groups excluding carboxylic acids is 4. The van der Waals surface area contributed by atoms with Gasteiger partial charge in [-0.25, -0.2) is 4.79 Å². The Balaban J connectivity index is 1.85. The lowest BCUT2D eigenvalue weighted by molar-refractivity contribution is -0.121. The minimum atomic E-state index is -0.602. The molecule has 22 heavy (non-hydrogen) atoms. The molecule has 0 radical (unpaired) electrons. The van der Waals surface area contributed by atoms with E-state index in [-0.39, 0.29) is 19.6 Å². The highest BCUT2D eigenvalue weighted by molar-refractivity contribution is 6.22. The van der Waals surface area contributed by atoms with Crippen LogP contribution >= 0.6 is 0 Å². The van der Waals surface area contributed by atoms with Crippen LogP contribution in [0.5, 0.6) is 0 Å². The molecule has 8 heteroatoms. The van der Waals surface area contributed by atoms with Crippen molar-refractivity contribution in [3.8, 4) is 0 Å². The van der Waals surface area contributed by atoms with Gasteiger partial charge in [-0.15, -0.1) is 0 Å². The summed E-state index contributed by atoms with van der Waals surface area (Å²) in [5.74, 6) is -1.45. The molecule has 0 atom stereocenters. The van der Waals surface area contributed by atoms with Crippen molar-refractivity contribution in [2.24, 2.45) is 0 Å². The van der Waals surface area contributed by atoms with E-state index in [2.05, 4.69) is 15.4 Å². The highest BCUT2D eigenvalue weighted by Gasteiger charge is 2.36. The normalized spacial score (nSPS) is 12.9. The predicted octanol–water partition coefficient (Wildman–Crippen LogP) is -0.245. The summed E-state index contributed by atoms with van der Waals surface area (Å²) in [6.45, 7) is -0.0117. The first-order valence-corrected chi connectivity index (χ1v) is 6.58. The zero-order valence-corrected chi connectivity index (χ0v) is 11.9. The van der Waals surface area contributed by atoms with Gasteiger partial charge in [0.25, 0.3) is 11.8 Å². The maximum atomic E-state index is 12.1. The Kier molecular flexibility index (Phi) is 4.72. The molecular weight excluding hydrogens is 290 g/mol. The molecule has 0 bridgehead atoms. The molecule has 0 unspecified atom stereocenters. The van der Waals surface area contributed by atoms with Crippen molar-refractivity contribution >= 4 is 23.8 Å². The van der Waals surface area contributed by atoms with E-state index in [4.69, 9.17) is 0 Å². The van der Waals surface area contributed by atoms with Crippen LogP contribution in [0.25, 0.3) is 0 Å². The van der Waals surface area contributed by atoms with E-state index in [1.54, 1.807) is 24.3 Å². The van der Waals surface area contributed by atoms with Gasteiger partial charge in [-0.1, -0.05) is 12.1 Å². The third-order valence-corrected chi connectivity index (χ3v) is 3.08. The van der Waals surface area contributed by atoms with E-state index in [1.807, 2.05) is 0 Å². The second-order valence-electron chi connectivity index (χ2n) is 4.51. The van der Waals surface area contributed by atoms with Crippen LogP contribution in [0, 0.1) is 0 Å². The van der Waals surface area contributed by atoms with E-state index in [1.165, 1.54) is 7.11 Å². The Labute approximate surface area is 126 Å². The van der Waals surface area contributed by atoms with Gasteiger partial charge in [0.1, 0.15) is 6.54 Å². The summed E-state index contributed by atoms with van der Waals surface area (Å²) in [4.78, 5) is 47.6. The van der Waals surface area contributed by atoms with Crippen LogP contribution in [0.2, 0.25) is 0 Å². The lowest BCUT2D eigenvalue weighted by Gasteiger charge is -2.13. The first-order chi connectivity index (χ1) is 10.5. The van der Waals surface area contributed by atoms with Crippen LogP contribution in [0.15, 0.2) is 24.3 Å². The third-order valence-electron chi connectivity index (χ3n) is 3.08. The second kappa shape index (κ2) is 6.70. The number of rotatable bonds is 5. The largest absolute Gasteiger partial charge is 0.453 e. The van der Waals surface area contributed by atoms with Crippen LogP contribution in [0.3, 0.4) is 0 Å². The quantitative estimate of drug-likeness (QED) is 0.577. The van der Waals surface area contributed by atoms with Crippen LogP contribution < -0.4 is 10.6 Å². The van der Waals surface area contributed by atoms with Gasteiger partial charge in [-0.05, 0) is 12.1 Å². The molecule has 1 aromatic rings. The zero-order valence-electron chi connectivity index (χ0n) is 11.9. The van der Waals surface area contributed by atoms with Gasteiger partial charge in [0.15, 0.2) is 0 Å². The number of ether oxygens (including phenoxy) is 1. The smallest absolute Gasteiger partial charge is 0.406 e. The summed E-state index contributed by atoms with van der Waals surface area (Å²) >= 11 is 0. The molecule has 2 rings (SSSR count). The average molecular weight is 305 g/mol. The van der Waals surface area contributed by atoms with Gasteiger partial charge in [-0.3, -0.25) is 19.3 Å². The molecule has 1 aliphatic heterocycles. The van der Waals surface area contributed by atoms with Crippen LogP contribution in [-0.2, 0) is 9.53 Å². The number of alkyl carbamates (subject to hydrolysis) is 1. The number of amides is 4. The number of carbonyl (C=O) groups is 4. The number of methoxy groups -OCH3 is 1. The average Bonchev–Trinajstić information content (AvgIpc) is 2.77. The molecule has 0 fully saturated rings. The van der Waals surface area contributed by atoms with Crippen molar-refractivity contribution in [1.82, 2.24) is 15.5 Å². The minimum Gasteiger partial charge on any atom is -0.453 e. The van der Waals surface area contributed by atoms with Gasteiger partial charge >= 0.3 is 6.09 Å². The van der Waals surface area contributed by atoms with Crippen molar-refractivity contribution in [1.29, 1.82) is 0 Å². The van der Waals surface area contributed by atoms with Crippen LogP contribution in [0.4, 0.5) is 4.79 Å². The van der Waals surface area contributed by atoms with Gasteiger partial charge in [-0.2, -0.15) is 0 Å². The van der Waals surface area contributed by atoms with Crippen LogP contribution in [0.1, 0.15) is 20.7 Å². The van der Waals surface area contributed by atoms with E-state index < -0.39 is 23.8 Å². The van der Waals surface area contributed by atoms with Crippen molar-refractivity contribution < 1.29 is 23.9 Å². The maximum absolute atomic E-state index is 12.1. The van der Waals surface area contributed by atoms with E-state index >= 15 is 0 Å². The number of fused-ring (bicyclic) bond motifs is 1. The monoisotopic (exact) mass is 305 g/mol. The summed E-state index contributed by atoms with van der Waals surface area (Å²) in [5, 5.41) is 4.89. The zero-order chi connectivity index (χ0) is 16.1. The molecule has 8 nitrogen and oxygen atoms in total. The molecular formula is C14H15N3O5. The lowest BCUT2D eigenvalue weighted by atomic mass is 10.1. The lowest BCUT2D eigenvalue weighted by Crippen LogP contribution is -2.42. The van der Waals surface area contributed by atoms with Crippen molar-refractivity contribution in [3.63, 3.8) is 0 Å². The van der Waals surface area contributed by atoms with E-state index in [0.717, 1.165) is 4.90 Å². The van der Waals surface area contributed by atoms with Gasteiger partial charge in [0.2, 0.25) is 5.91 Å². The summed E-state index contributed by atoms with van der Waals surface area (Å²) < 4.78 is 4.37. The SMILES string of the molecule is COC(=O)NCCNC(=O)CN1C(=O)c2ccccc2C1=O. The second-order valence-corrected chi connectivity index (χ2v) is 4.51. The summed E-state index contributed by atoms with van der Waals surface area (Å²) in [5.41, 5.74) is 0.598. The highest BCUT2D eigenvalue weighted by Crippen LogP contribution is 2.21. The molecule has 0 saturated carbocycles. The molecule has 2 N–H and O–H groups in total. The Hall–Kier alpha value is -2.90. The number of imide groups is 1. The predicted molar refractivity (Wildman–Crippen MR) is 75.2 cm³/mol. The fourth-order valence-corrected chi connectivity index (χ4v) is 2.02. The fraction of sp³-hybridized carbons (Fsp3) is 0.286. The topological polar surface area (TPSA) is 105 Å². The van der Waals surface area contributed by atoms with Crippen molar-refractivity contribution in [3.05, 3.63) is 35.4 Å². The standard InChI is InChI=1S/C14H15N3O5/c1-22-14(21)16-7-6-15-11(18)8-17-12(19)9-4-2-3-5-10(9)13(17)20/h2-5H,6-8H2,1H3,(H,15,18)(H,16,21). The molecule has 1 aliphatic rings. The Morgan fingerprint density at radius 1 is 1.05 bits per heavy atom. The number of benzene rings is 1. The highest BCUT2D eigenvalue weighted by atomic mass is 16.5. The molecule has 1 aromatic carbocycles. The number of hydrogen-bond donors (Lipinski definition) is 2. The van der Waals surface area contributed by atoms with E-state index in [0.29, 0.717) is 11.1 Å². The molecule has 116 valence electrons. The molecule has 0 aliphatic carbocycles. The Morgan fingerprint density at radius 2 is 1.59 bits per heavy atom. The molecule has 0 spiro atoms.